The normalized spacial score (nSPS) is 23.0. The van der Waals surface area contributed by atoms with Crippen LogP contribution in [0.25, 0.3) is 11.6 Å². The van der Waals surface area contributed by atoms with Crippen LogP contribution in [0.2, 0.25) is 0 Å². The second-order valence-electron chi connectivity index (χ2n) is 12.4. The number of anilines is 2. The molecule has 41 heavy (non-hydrogen) atoms. The van der Waals surface area contributed by atoms with Gasteiger partial charge in [-0.25, -0.2) is 9.97 Å². The number of nitrogens with one attached hydrogen (secondary N) is 1. The SMILES string of the molecule is CC[C@H]1CN(c2ncc(-c3nnc(NC4(C)CC4)o3)nc2C)[C@H](C)CN1C1CCN(C(=O)c2ccc(C)cc2)CC1. The number of hydrogen-bond donors (Lipinski definition) is 1. The first kappa shape index (κ1) is 27.6. The van der Waals surface area contributed by atoms with Gasteiger partial charge in [0.25, 0.3) is 11.8 Å². The first-order chi connectivity index (χ1) is 19.7. The standard InChI is InChI=1S/C31H42N8O2/c1-6-24-19-38(27-22(4)33-26(17-32-27)28-35-36-30(41-28)34-31(5)13-14-31)21(3)18-39(24)25-11-15-37(16-12-25)29(40)23-9-7-20(2)8-10-23/h7-10,17,21,24-25H,6,11-16,18-19H2,1-5H3,(H,34,36)/t21-,24+/m1/s1. The van der Waals surface area contributed by atoms with E-state index in [2.05, 4.69) is 46.1 Å². The van der Waals surface area contributed by atoms with Gasteiger partial charge in [0.1, 0.15) is 11.5 Å². The van der Waals surface area contributed by atoms with Crippen molar-refractivity contribution < 1.29 is 9.21 Å². The molecule has 4 heterocycles. The molecule has 1 saturated carbocycles. The van der Waals surface area contributed by atoms with Crippen molar-refractivity contribution >= 4 is 17.7 Å². The first-order valence-corrected chi connectivity index (χ1v) is 15.1. The molecule has 0 spiro atoms. The first-order valence-electron chi connectivity index (χ1n) is 15.1. The molecule has 1 N–H and O–H groups in total. The van der Waals surface area contributed by atoms with E-state index in [-0.39, 0.29) is 11.4 Å². The van der Waals surface area contributed by atoms with Gasteiger partial charge in [-0.2, -0.15) is 0 Å². The lowest BCUT2D eigenvalue weighted by Gasteiger charge is -2.50. The molecule has 6 rings (SSSR count). The summed E-state index contributed by atoms with van der Waals surface area (Å²) in [7, 11) is 0. The smallest absolute Gasteiger partial charge is 0.316 e. The van der Waals surface area contributed by atoms with Gasteiger partial charge in [-0.1, -0.05) is 29.7 Å². The number of piperidine rings is 1. The average Bonchev–Trinajstić information content (AvgIpc) is 3.52. The van der Waals surface area contributed by atoms with E-state index < -0.39 is 0 Å². The maximum atomic E-state index is 13.0. The molecule has 0 unspecified atom stereocenters. The van der Waals surface area contributed by atoms with Crippen molar-refractivity contribution in [2.45, 2.75) is 90.4 Å². The summed E-state index contributed by atoms with van der Waals surface area (Å²) >= 11 is 0. The number of aryl methyl sites for hydroxylation is 2. The number of hydrogen-bond acceptors (Lipinski definition) is 9. The minimum atomic E-state index is 0.0687. The number of benzene rings is 1. The zero-order chi connectivity index (χ0) is 28.7. The van der Waals surface area contributed by atoms with E-state index in [1.54, 1.807) is 6.20 Å². The summed E-state index contributed by atoms with van der Waals surface area (Å²) in [6, 6.07) is 9.56. The summed E-state index contributed by atoms with van der Waals surface area (Å²) < 4.78 is 5.83. The van der Waals surface area contributed by atoms with Crippen molar-refractivity contribution in [3.05, 3.63) is 47.3 Å². The van der Waals surface area contributed by atoms with Crippen molar-refractivity contribution in [2.75, 3.05) is 36.4 Å². The third-order valence-electron chi connectivity index (χ3n) is 9.12. The number of piperazine rings is 1. The molecule has 0 radical (unpaired) electrons. The van der Waals surface area contributed by atoms with Gasteiger partial charge in [0.15, 0.2) is 0 Å². The van der Waals surface area contributed by atoms with Gasteiger partial charge < -0.3 is 19.5 Å². The molecule has 3 aromatic rings. The van der Waals surface area contributed by atoms with Crippen LogP contribution in [0.15, 0.2) is 34.9 Å². The molecule has 10 heteroatoms. The van der Waals surface area contributed by atoms with Gasteiger partial charge >= 0.3 is 6.01 Å². The highest BCUT2D eigenvalue weighted by molar-refractivity contribution is 5.94. The summed E-state index contributed by atoms with van der Waals surface area (Å²) in [5.41, 5.74) is 3.49. The molecule has 1 amide bonds. The zero-order valence-electron chi connectivity index (χ0n) is 24.9. The quantitative estimate of drug-likeness (QED) is 0.442. The molecular formula is C31H42N8O2. The molecule has 0 bridgehead atoms. The second kappa shape index (κ2) is 11.0. The fourth-order valence-electron chi connectivity index (χ4n) is 6.26. The maximum absolute atomic E-state index is 13.0. The van der Waals surface area contributed by atoms with Crippen LogP contribution < -0.4 is 10.2 Å². The predicted molar refractivity (Wildman–Crippen MR) is 159 cm³/mol. The molecule has 2 saturated heterocycles. The summed E-state index contributed by atoms with van der Waals surface area (Å²) in [5.74, 6) is 1.45. The van der Waals surface area contributed by atoms with Crippen molar-refractivity contribution in [3.63, 3.8) is 0 Å². The largest absolute Gasteiger partial charge is 0.402 e. The molecule has 3 fully saturated rings. The second-order valence-corrected chi connectivity index (χ2v) is 12.4. The van der Waals surface area contributed by atoms with E-state index in [1.807, 2.05) is 43.0 Å². The Kier molecular flexibility index (Phi) is 7.44. The Morgan fingerprint density at radius 1 is 1.10 bits per heavy atom. The molecule has 1 aliphatic carbocycles. The molecule has 1 aromatic carbocycles. The van der Waals surface area contributed by atoms with Crippen molar-refractivity contribution in [1.82, 2.24) is 30.0 Å². The molecule has 10 nitrogen and oxygen atoms in total. The lowest BCUT2D eigenvalue weighted by Crippen LogP contribution is -2.62. The molecule has 3 aliphatic rings. The minimum Gasteiger partial charge on any atom is -0.402 e. The third kappa shape index (κ3) is 5.80. The van der Waals surface area contributed by atoms with Crippen LogP contribution in [0.3, 0.4) is 0 Å². The van der Waals surface area contributed by atoms with Gasteiger partial charge in [-0.3, -0.25) is 9.69 Å². The van der Waals surface area contributed by atoms with Crippen LogP contribution in [0.5, 0.6) is 0 Å². The number of nitrogens with zero attached hydrogens (tertiary/aromatic N) is 7. The number of amides is 1. The van der Waals surface area contributed by atoms with Crippen LogP contribution >= 0.6 is 0 Å². The number of likely N-dealkylation sites (tertiary alicyclic amines) is 1. The summed E-state index contributed by atoms with van der Waals surface area (Å²) in [6.07, 6.45) is 7.04. The third-order valence-corrected chi connectivity index (χ3v) is 9.12. The van der Waals surface area contributed by atoms with Crippen LogP contribution in [-0.4, -0.2) is 85.7 Å². The zero-order valence-corrected chi connectivity index (χ0v) is 24.9. The molecular weight excluding hydrogens is 516 g/mol. The highest BCUT2D eigenvalue weighted by atomic mass is 16.4. The number of rotatable bonds is 7. The summed E-state index contributed by atoms with van der Waals surface area (Å²) in [6.45, 7) is 14.2. The topological polar surface area (TPSA) is 104 Å². The van der Waals surface area contributed by atoms with Gasteiger partial charge in [-0.05, 0) is 71.9 Å². The molecule has 218 valence electrons. The summed E-state index contributed by atoms with van der Waals surface area (Å²) in [4.78, 5) is 29.8. The Balaban J connectivity index is 1.09. The van der Waals surface area contributed by atoms with Gasteiger partial charge in [0.2, 0.25) is 0 Å². The Morgan fingerprint density at radius 3 is 2.49 bits per heavy atom. The average molecular weight is 559 g/mol. The van der Waals surface area contributed by atoms with Crippen LogP contribution in [-0.2, 0) is 0 Å². The van der Waals surface area contributed by atoms with Crippen LogP contribution in [0, 0.1) is 13.8 Å². The van der Waals surface area contributed by atoms with Crippen molar-refractivity contribution in [1.29, 1.82) is 0 Å². The number of aromatic nitrogens is 4. The van der Waals surface area contributed by atoms with Crippen LogP contribution in [0.1, 0.15) is 74.5 Å². The Labute approximate surface area is 242 Å². The molecule has 2 aromatic heterocycles. The number of carbonyl (C=O) groups excluding carboxylic acids is 1. The lowest BCUT2D eigenvalue weighted by molar-refractivity contribution is 0.0434. The fraction of sp³-hybridized carbons (Fsp3) is 0.581. The van der Waals surface area contributed by atoms with E-state index in [9.17, 15) is 4.79 Å². The minimum absolute atomic E-state index is 0.0687. The number of carbonyl (C=O) groups is 1. The monoisotopic (exact) mass is 558 g/mol. The Hall–Kier alpha value is -3.53. The Bertz CT molecular complexity index is 1380. The lowest BCUT2D eigenvalue weighted by atomic mass is 9.95. The van der Waals surface area contributed by atoms with E-state index in [1.165, 1.54) is 5.56 Å². The molecule has 2 atom stereocenters. The van der Waals surface area contributed by atoms with E-state index in [0.717, 1.165) is 75.4 Å². The van der Waals surface area contributed by atoms with Gasteiger partial charge in [-0.15, -0.1) is 5.10 Å². The maximum Gasteiger partial charge on any atom is 0.316 e. The van der Waals surface area contributed by atoms with Gasteiger partial charge in [0.05, 0.1) is 11.9 Å². The Morgan fingerprint density at radius 2 is 1.83 bits per heavy atom. The van der Waals surface area contributed by atoms with E-state index >= 15 is 0 Å². The highest BCUT2D eigenvalue weighted by Crippen LogP contribution is 2.38. The van der Waals surface area contributed by atoms with Crippen LogP contribution in [0.4, 0.5) is 11.8 Å². The highest BCUT2D eigenvalue weighted by Gasteiger charge is 2.39. The van der Waals surface area contributed by atoms with Crippen molar-refractivity contribution in [2.24, 2.45) is 0 Å². The van der Waals surface area contributed by atoms with E-state index in [0.29, 0.717) is 35.7 Å². The fourth-order valence-corrected chi connectivity index (χ4v) is 6.26. The van der Waals surface area contributed by atoms with E-state index in [4.69, 9.17) is 14.4 Å². The van der Waals surface area contributed by atoms with Crippen molar-refractivity contribution in [3.8, 4) is 11.6 Å². The van der Waals surface area contributed by atoms with Gasteiger partial charge in [0, 0.05) is 55.4 Å². The summed E-state index contributed by atoms with van der Waals surface area (Å²) in [5, 5.41) is 11.6. The predicted octanol–water partition coefficient (Wildman–Crippen LogP) is 4.70. The molecule has 2 aliphatic heterocycles.